The smallest absolute Gasteiger partial charge is 0.227 e. The molecular formula is C15H18N2O. The number of hydrogen-bond acceptors (Lipinski definition) is 2. The van der Waals surface area contributed by atoms with Gasteiger partial charge in [-0.3, -0.25) is 4.79 Å². The van der Waals surface area contributed by atoms with Gasteiger partial charge in [0.25, 0.3) is 0 Å². The molecule has 1 rings (SSSR count). The van der Waals surface area contributed by atoms with Crippen molar-refractivity contribution in [2.24, 2.45) is 0 Å². The monoisotopic (exact) mass is 242 g/mol. The summed E-state index contributed by atoms with van der Waals surface area (Å²) >= 11 is 0. The van der Waals surface area contributed by atoms with E-state index in [4.69, 9.17) is 5.26 Å². The molecule has 3 heteroatoms. The molecule has 0 unspecified atom stereocenters. The minimum Gasteiger partial charge on any atom is -0.339 e. The Kier molecular flexibility index (Phi) is 5.66. The van der Waals surface area contributed by atoms with E-state index in [1.807, 2.05) is 19.1 Å². The third-order valence-electron chi connectivity index (χ3n) is 2.63. The van der Waals surface area contributed by atoms with Crippen LogP contribution in [0.3, 0.4) is 0 Å². The molecule has 0 aromatic heterocycles. The Balaban J connectivity index is 2.66. The Morgan fingerprint density at radius 1 is 1.44 bits per heavy atom. The third kappa shape index (κ3) is 4.06. The Labute approximate surface area is 108 Å². The molecule has 94 valence electrons. The van der Waals surface area contributed by atoms with Crippen LogP contribution in [-0.4, -0.2) is 23.9 Å². The van der Waals surface area contributed by atoms with Crippen LogP contribution >= 0.6 is 0 Å². The van der Waals surface area contributed by atoms with Gasteiger partial charge in [0.15, 0.2) is 0 Å². The fraction of sp³-hybridized carbons (Fsp3) is 0.333. The number of benzene rings is 1. The first-order valence-electron chi connectivity index (χ1n) is 6.09. The molecule has 0 saturated heterocycles. The summed E-state index contributed by atoms with van der Waals surface area (Å²) in [6.45, 7) is 7.05. The van der Waals surface area contributed by atoms with Crippen molar-refractivity contribution in [1.29, 1.82) is 5.26 Å². The van der Waals surface area contributed by atoms with Crippen LogP contribution in [0.15, 0.2) is 36.9 Å². The van der Waals surface area contributed by atoms with E-state index in [2.05, 4.69) is 12.6 Å². The lowest BCUT2D eigenvalue weighted by atomic mass is 10.1. The summed E-state index contributed by atoms with van der Waals surface area (Å²) in [4.78, 5) is 13.9. The number of nitriles is 1. The minimum atomic E-state index is 0.0986. The van der Waals surface area contributed by atoms with Crippen LogP contribution in [0, 0.1) is 11.3 Å². The maximum absolute atomic E-state index is 12.1. The molecule has 0 fully saturated rings. The van der Waals surface area contributed by atoms with Crippen LogP contribution in [0.4, 0.5) is 0 Å². The first kappa shape index (κ1) is 14.0. The number of hydrogen-bond donors (Lipinski definition) is 0. The number of rotatable bonds is 6. The van der Waals surface area contributed by atoms with Gasteiger partial charge in [-0.05, 0) is 24.1 Å². The fourth-order valence-corrected chi connectivity index (χ4v) is 1.73. The van der Waals surface area contributed by atoms with E-state index in [0.717, 1.165) is 18.5 Å². The first-order valence-corrected chi connectivity index (χ1v) is 6.09. The van der Waals surface area contributed by atoms with Gasteiger partial charge in [0, 0.05) is 13.1 Å². The molecule has 1 amide bonds. The predicted octanol–water partition coefficient (Wildman–Crippen LogP) is 2.53. The molecule has 0 bridgehead atoms. The summed E-state index contributed by atoms with van der Waals surface area (Å²) in [6, 6.07) is 9.19. The van der Waals surface area contributed by atoms with Gasteiger partial charge < -0.3 is 4.90 Å². The molecule has 0 N–H and O–H groups in total. The van der Waals surface area contributed by atoms with Gasteiger partial charge in [0.05, 0.1) is 18.1 Å². The van der Waals surface area contributed by atoms with Crippen LogP contribution in [0.1, 0.15) is 24.5 Å². The van der Waals surface area contributed by atoms with Gasteiger partial charge in [0.1, 0.15) is 0 Å². The van der Waals surface area contributed by atoms with Crippen LogP contribution < -0.4 is 0 Å². The van der Waals surface area contributed by atoms with Gasteiger partial charge in [-0.25, -0.2) is 0 Å². The van der Waals surface area contributed by atoms with Gasteiger partial charge in [0.2, 0.25) is 5.91 Å². The van der Waals surface area contributed by atoms with E-state index in [0.29, 0.717) is 18.5 Å². The van der Waals surface area contributed by atoms with E-state index in [9.17, 15) is 4.79 Å². The van der Waals surface area contributed by atoms with Gasteiger partial charge in [-0.2, -0.15) is 5.26 Å². The van der Waals surface area contributed by atoms with Crippen molar-refractivity contribution in [2.45, 2.75) is 19.8 Å². The average Bonchev–Trinajstić information content (AvgIpc) is 2.39. The van der Waals surface area contributed by atoms with Crippen molar-refractivity contribution >= 4 is 5.91 Å². The van der Waals surface area contributed by atoms with Crippen LogP contribution in [0.2, 0.25) is 0 Å². The van der Waals surface area contributed by atoms with Crippen molar-refractivity contribution in [3.8, 4) is 6.07 Å². The highest BCUT2D eigenvalue weighted by molar-refractivity contribution is 5.79. The predicted molar refractivity (Wildman–Crippen MR) is 71.9 cm³/mol. The summed E-state index contributed by atoms with van der Waals surface area (Å²) < 4.78 is 0. The maximum atomic E-state index is 12.1. The zero-order valence-corrected chi connectivity index (χ0v) is 10.7. The normalized spacial score (nSPS) is 9.56. The SMILES string of the molecule is C=CCN(CCC)C(=O)Cc1ccc(C#N)cc1. The van der Waals surface area contributed by atoms with E-state index in [1.54, 1.807) is 23.1 Å². The average molecular weight is 242 g/mol. The number of nitrogens with zero attached hydrogens (tertiary/aromatic N) is 2. The summed E-state index contributed by atoms with van der Waals surface area (Å²) in [5.41, 5.74) is 1.55. The van der Waals surface area contributed by atoms with E-state index >= 15 is 0 Å². The molecule has 0 heterocycles. The summed E-state index contributed by atoms with van der Waals surface area (Å²) in [7, 11) is 0. The molecule has 0 saturated carbocycles. The molecule has 0 aliphatic carbocycles. The fourth-order valence-electron chi connectivity index (χ4n) is 1.73. The Hall–Kier alpha value is -2.08. The number of amides is 1. The first-order chi connectivity index (χ1) is 8.71. The zero-order chi connectivity index (χ0) is 13.4. The summed E-state index contributed by atoms with van der Waals surface area (Å²) in [6.07, 6.45) is 3.05. The molecule has 1 aromatic carbocycles. The number of carbonyl (C=O) groups is 1. The second kappa shape index (κ2) is 7.29. The number of carbonyl (C=O) groups excluding carboxylic acids is 1. The van der Waals surface area contributed by atoms with E-state index < -0.39 is 0 Å². The third-order valence-corrected chi connectivity index (χ3v) is 2.63. The minimum absolute atomic E-state index is 0.0986. The molecule has 1 aromatic rings. The molecule has 0 radical (unpaired) electrons. The van der Waals surface area contributed by atoms with Crippen molar-refractivity contribution in [2.75, 3.05) is 13.1 Å². The molecule has 3 nitrogen and oxygen atoms in total. The molecule has 0 atom stereocenters. The second-order valence-electron chi connectivity index (χ2n) is 4.11. The summed E-state index contributed by atoms with van der Waals surface area (Å²) in [5.74, 6) is 0.0986. The standard InChI is InChI=1S/C15H18N2O/c1-3-9-17(10-4-2)15(18)11-13-5-7-14(12-16)8-6-13/h3,5-8H,1,4,9-11H2,2H3. The van der Waals surface area contributed by atoms with Crippen LogP contribution in [-0.2, 0) is 11.2 Å². The van der Waals surface area contributed by atoms with Crippen LogP contribution in [0.5, 0.6) is 0 Å². The molecule has 0 aliphatic heterocycles. The topological polar surface area (TPSA) is 44.1 Å². The lowest BCUT2D eigenvalue weighted by Crippen LogP contribution is -2.33. The molecule has 0 spiro atoms. The van der Waals surface area contributed by atoms with E-state index in [-0.39, 0.29) is 5.91 Å². The zero-order valence-electron chi connectivity index (χ0n) is 10.7. The van der Waals surface area contributed by atoms with E-state index in [1.165, 1.54) is 0 Å². The summed E-state index contributed by atoms with van der Waals surface area (Å²) in [5, 5.41) is 8.70. The quantitative estimate of drug-likeness (QED) is 0.719. The van der Waals surface area contributed by atoms with Crippen molar-refractivity contribution < 1.29 is 4.79 Å². The molecule has 18 heavy (non-hydrogen) atoms. The maximum Gasteiger partial charge on any atom is 0.227 e. The van der Waals surface area contributed by atoms with Crippen LogP contribution in [0.25, 0.3) is 0 Å². The molecular weight excluding hydrogens is 224 g/mol. The second-order valence-corrected chi connectivity index (χ2v) is 4.11. The van der Waals surface area contributed by atoms with Crippen molar-refractivity contribution in [1.82, 2.24) is 4.90 Å². The van der Waals surface area contributed by atoms with Gasteiger partial charge >= 0.3 is 0 Å². The lowest BCUT2D eigenvalue weighted by molar-refractivity contribution is -0.130. The largest absolute Gasteiger partial charge is 0.339 e. The Morgan fingerprint density at radius 2 is 2.11 bits per heavy atom. The van der Waals surface area contributed by atoms with Crippen molar-refractivity contribution in [3.05, 3.63) is 48.0 Å². The highest BCUT2D eigenvalue weighted by atomic mass is 16.2. The highest BCUT2D eigenvalue weighted by Gasteiger charge is 2.11. The van der Waals surface area contributed by atoms with Gasteiger partial charge in [-0.15, -0.1) is 6.58 Å². The van der Waals surface area contributed by atoms with Gasteiger partial charge in [-0.1, -0.05) is 25.1 Å². The Morgan fingerprint density at radius 3 is 2.61 bits per heavy atom. The molecule has 0 aliphatic rings. The van der Waals surface area contributed by atoms with Crippen molar-refractivity contribution in [3.63, 3.8) is 0 Å². The highest BCUT2D eigenvalue weighted by Crippen LogP contribution is 2.06. The Bertz CT molecular complexity index is 443. The lowest BCUT2D eigenvalue weighted by Gasteiger charge is -2.20.